The first-order valence-electron chi connectivity index (χ1n) is 7.21. The molecule has 3 aromatic carbocycles. The third kappa shape index (κ3) is 2.62. The van der Waals surface area contributed by atoms with Crippen LogP contribution < -0.4 is 15.9 Å². The molecule has 0 unspecified atom stereocenters. The molecule has 1 nitrogen and oxygen atoms in total. The molecule has 0 saturated heterocycles. The molecule has 0 radical (unpaired) electrons. The summed E-state index contributed by atoms with van der Waals surface area (Å²) in [6.07, 6.45) is 0. The topological polar surface area (TPSA) is 17.1 Å². The number of halogens is 2. The molecule has 0 aliphatic heterocycles. The van der Waals surface area contributed by atoms with E-state index in [9.17, 15) is 13.3 Å². The molecule has 0 heterocycles. The Kier molecular flexibility index (Phi) is 4.14. The summed E-state index contributed by atoms with van der Waals surface area (Å²) < 4.78 is 42.9. The van der Waals surface area contributed by atoms with Crippen molar-refractivity contribution >= 4 is 23.1 Å². The van der Waals surface area contributed by atoms with Crippen LogP contribution in [-0.2, 0) is 4.57 Å². The fraction of sp³-hybridized carbons (Fsp3) is 0.0526. The van der Waals surface area contributed by atoms with Gasteiger partial charge in [0.25, 0.3) is 0 Å². The Hall–Kier alpha value is -2.25. The summed E-state index contributed by atoms with van der Waals surface area (Å²) in [5.74, 6) is -1.19. The van der Waals surface area contributed by atoms with Crippen molar-refractivity contribution < 1.29 is 13.3 Å². The highest BCUT2D eigenvalue weighted by atomic mass is 31.2. The van der Waals surface area contributed by atoms with Crippen LogP contribution in [0, 0.1) is 18.6 Å². The molecule has 0 atom stereocenters. The lowest BCUT2D eigenvalue weighted by molar-refractivity contribution is 0.585. The lowest BCUT2D eigenvalue weighted by atomic mass is 10.2. The van der Waals surface area contributed by atoms with Gasteiger partial charge in [0.15, 0.2) is 7.14 Å². The van der Waals surface area contributed by atoms with Gasteiger partial charge in [-0.1, -0.05) is 48.5 Å². The third-order valence-corrected chi connectivity index (χ3v) is 7.10. The van der Waals surface area contributed by atoms with Crippen molar-refractivity contribution in [3.05, 3.63) is 90.0 Å². The molecule has 116 valence electrons. The van der Waals surface area contributed by atoms with E-state index in [4.69, 9.17) is 0 Å². The van der Waals surface area contributed by atoms with Gasteiger partial charge in [-0.15, -0.1) is 0 Å². The second kappa shape index (κ2) is 6.10. The van der Waals surface area contributed by atoms with Crippen LogP contribution >= 0.6 is 7.14 Å². The maximum atomic E-state index is 14.4. The van der Waals surface area contributed by atoms with Gasteiger partial charge < -0.3 is 4.57 Å². The van der Waals surface area contributed by atoms with Crippen LogP contribution in [0.1, 0.15) is 5.56 Å². The van der Waals surface area contributed by atoms with E-state index in [2.05, 4.69) is 0 Å². The molecule has 3 aromatic rings. The molecule has 4 heteroatoms. The second-order valence-corrected chi connectivity index (χ2v) is 7.96. The Balaban J connectivity index is 2.41. The third-order valence-electron chi connectivity index (χ3n) is 3.84. The number of benzene rings is 3. The van der Waals surface area contributed by atoms with Gasteiger partial charge in [-0.3, -0.25) is 0 Å². The van der Waals surface area contributed by atoms with E-state index in [0.717, 1.165) is 5.56 Å². The molecule has 0 fully saturated rings. The maximum absolute atomic E-state index is 14.4. The minimum atomic E-state index is -3.64. The van der Waals surface area contributed by atoms with Crippen LogP contribution in [0.25, 0.3) is 0 Å². The summed E-state index contributed by atoms with van der Waals surface area (Å²) in [5, 5.41) is 0.508. The van der Waals surface area contributed by atoms with Gasteiger partial charge in [0.05, 0.1) is 10.6 Å². The van der Waals surface area contributed by atoms with Crippen LogP contribution in [0.2, 0.25) is 0 Å². The van der Waals surface area contributed by atoms with Crippen LogP contribution in [0.4, 0.5) is 8.78 Å². The molecule has 0 N–H and O–H groups in total. The molecule has 0 aliphatic rings. The number of rotatable bonds is 3. The van der Waals surface area contributed by atoms with Crippen molar-refractivity contribution in [1.82, 2.24) is 0 Å². The highest BCUT2D eigenvalue weighted by Crippen LogP contribution is 2.44. The molecule has 0 bridgehead atoms. The lowest BCUT2D eigenvalue weighted by Gasteiger charge is -2.22. The Labute approximate surface area is 134 Å². The molecule has 23 heavy (non-hydrogen) atoms. The quantitative estimate of drug-likeness (QED) is 0.666. The summed E-state index contributed by atoms with van der Waals surface area (Å²) in [5.41, 5.74) is 0.738. The molecular weight excluding hydrogens is 313 g/mol. The van der Waals surface area contributed by atoms with Gasteiger partial charge in [0.1, 0.15) is 11.6 Å². The lowest BCUT2D eigenvalue weighted by Crippen LogP contribution is -2.30. The van der Waals surface area contributed by atoms with Crippen LogP contribution in [0.3, 0.4) is 0 Å². The largest absolute Gasteiger partial charge is 0.308 e. The summed E-state index contributed by atoms with van der Waals surface area (Å²) >= 11 is 0. The molecule has 0 spiro atoms. The van der Waals surface area contributed by atoms with Crippen molar-refractivity contribution in [3.63, 3.8) is 0 Å². The van der Waals surface area contributed by atoms with Gasteiger partial charge in [-0.2, -0.15) is 0 Å². The fourth-order valence-electron chi connectivity index (χ4n) is 2.72. The number of aryl methyl sites for hydroxylation is 1. The van der Waals surface area contributed by atoms with Gasteiger partial charge in [-0.25, -0.2) is 8.78 Å². The van der Waals surface area contributed by atoms with Gasteiger partial charge in [0, 0.05) is 5.30 Å². The van der Waals surface area contributed by atoms with E-state index in [1.54, 1.807) is 37.3 Å². The van der Waals surface area contributed by atoms with Gasteiger partial charge in [-0.05, 0) is 36.8 Å². The Morgan fingerprint density at radius 3 is 1.48 bits per heavy atom. The number of hydrogen-bond acceptors (Lipinski definition) is 1. The summed E-state index contributed by atoms with van der Waals surface area (Å²) in [6.45, 7) is 1.80. The molecule has 0 amide bonds. The Morgan fingerprint density at radius 2 is 1.04 bits per heavy atom. The predicted octanol–water partition coefficient (Wildman–Crippen LogP) is 3.91. The van der Waals surface area contributed by atoms with Crippen molar-refractivity contribution in [1.29, 1.82) is 0 Å². The minimum Gasteiger partial charge on any atom is -0.308 e. The zero-order chi connectivity index (χ0) is 16.4. The van der Waals surface area contributed by atoms with Crippen LogP contribution in [0.5, 0.6) is 0 Å². The monoisotopic (exact) mass is 328 g/mol. The Bertz CT molecular complexity index is 787. The van der Waals surface area contributed by atoms with E-state index >= 15 is 0 Å². The van der Waals surface area contributed by atoms with Crippen LogP contribution in [0.15, 0.2) is 72.8 Å². The fourth-order valence-corrected chi connectivity index (χ4v) is 5.71. The number of hydrogen-bond donors (Lipinski definition) is 0. The van der Waals surface area contributed by atoms with E-state index < -0.39 is 18.8 Å². The van der Waals surface area contributed by atoms with Crippen molar-refractivity contribution in [3.8, 4) is 0 Å². The first kappa shape index (κ1) is 15.6. The van der Waals surface area contributed by atoms with Crippen molar-refractivity contribution in [2.75, 3.05) is 0 Å². The smallest absolute Gasteiger partial charge is 0.177 e. The van der Waals surface area contributed by atoms with Crippen molar-refractivity contribution in [2.45, 2.75) is 6.92 Å². The summed E-state index contributed by atoms with van der Waals surface area (Å²) in [6, 6.07) is 18.7. The standard InChI is InChI=1S/C19H15F2OP/c1-14-8-2-5-11-17(14)23(22,18-12-6-3-9-15(18)20)19-13-7-4-10-16(19)21/h2-13H,1H3. The van der Waals surface area contributed by atoms with Crippen LogP contribution in [-0.4, -0.2) is 0 Å². The average molecular weight is 328 g/mol. The molecule has 0 aromatic heterocycles. The average Bonchev–Trinajstić information content (AvgIpc) is 2.55. The predicted molar refractivity (Wildman–Crippen MR) is 90.5 cm³/mol. The highest BCUT2D eigenvalue weighted by molar-refractivity contribution is 7.85. The SMILES string of the molecule is Cc1ccccc1P(=O)(c1ccccc1F)c1ccccc1F. The first-order valence-corrected chi connectivity index (χ1v) is 8.92. The van der Waals surface area contributed by atoms with E-state index in [0.29, 0.717) is 5.30 Å². The summed E-state index contributed by atoms with van der Waals surface area (Å²) in [4.78, 5) is 0. The second-order valence-electron chi connectivity index (χ2n) is 5.30. The molecule has 3 rings (SSSR count). The zero-order valence-corrected chi connectivity index (χ0v) is 13.4. The zero-order valence-electron chi connectivity index (χ0n) is 12.5. The molecular formula is C19H15F2OP. The highest BCUT2D eigenvalue weighted by Gasteiger charge is 2.35. The van der Waals surface area contributed by atoms with Gasteiger partial charge in [0.2, 0.25) is 0 Å². The van der Waals surface area contributed by atoms with E-state index in [-0.39, 0.29) is 10.6 Å². The Morgan fingerprint density at radius 1 is 0.652 bits per heavy atom. The summed E-state index contributed by atoms with van der Waals surface area (Å²) in [7, 11) is -3.64. The van der Waals surface area contributed by atoms with Gasteiger partial charge >= 0.3 is 0 Å². The minimum absolute atomic E-state index is 0.0272. The normalized spacial score (nSPS) is 11.4. The van der Waals surface area contributed by atoms with E-state index in [1.165, 1.54) is 36.4 Å². The maximum Gasteiger partial charge on any atom is 0.177 e. The molecule has 0 saturated carbocycles. The molecule has 0 aliphatic carbocycles. The van der Waals surface area contributed by atoms with E-state index in [1.807, 2.05) is 6.07 Å². The van der Waals surface area contributed by atoms with Crippen molar-refractivity contribution in [2.24, 2.45) is 0 Å². The first-order chi connectivity index (χ1) is 11.0.